The number of halogens is 1. The Hall–Kier alpha value is -0.900. The molecule has 2 aromatic rings. The first kappa shape index (κ1) is 10.6. The molecule has 2 heterocycles. The molecular formula is C11H10ClNOS. The fourth-order valence-electron chi connectivity index (χ4n) is 1.45. The van der Waals surface area contributed by atoms with Crippen LogP contribution in [0.15, 0.2) is 29.8 Å². The first-order valence-corrected chi connectivity index (χ1v) is 5.78. The zero-order valence-electron chi connectivity index (χ0n) is 8.14. The van der Waals surface area contributed by atoms with Gasteiger partial charge in [-0.1, -0.05) is 11.6 Å². The van der Waals surface area contributed by atoms with E-state index >= 15 is 0 Å². The molecule has 1 unspecified atom stereocenters. The molecular weight excluding hydrogens is 230 g/mol. The van der Waals surface area contributed by atoms with Gasteiger partial charge in [-0.15, -0.1) is 11.3 Å². The number of nitrogens with zero attached hydrogens (tertiary/aromatic N) is 1. The highest BCUT2D eigenvalue weighted by molar-refractivity contribution is 7.10. The van der Waals surface area contributed by atoms with Crippen LogP contribution in [-0.4, -0.2) is 10.1 Å². The van der Waals surface area contributed by atoms with Gasteiger partial charge in [0.2, 0.25) is 0 Å². The predicted octanol–water partition coefficient (Wildman–Crippen LogP) is 3.19. The van der Waals surface area contributed by atoms with Crippen LogP contribution in [0.5, 0.6) is 0 Å². The largest absolute Gasteiger partial charge is 0.384 e. The van der Waals surface area contributed by atoms with Crippen LogP contribution in [-0.2, 0) is 0 Å². The minimum Gasteiger partial charge on any atom is -0.384 e. The second kappa shape index (κ2) is 4.31. The van der Waals surface area contributed by atoms with Crippen molar-refractivity contribution < 1.29 is 5.11 Å². The van der Waals surface area contributed by atoms with Crippen LogP contribution in [0, 0.1) is 6.92 Å². The molecule has 0 aliphatic rings. The second-order valence-electron chi connectivity index (χ2n) is 3.25. The Labute approximate surface area is 97.2 Å². The summed E-state index contributed by atoms with van der Waals surface area (Å²) in [7, 11) is 0. The lowest BCUT2D eigenvalue weighted by atomic mass is 10.0. The van der Waals surface area contributed by atoms with Crippen LogP contribution < -0.4 is 0 Å². The summed E-state index contributed by atoms with van der Waals surface area (Å²) in [5.74, 6) is 0. The molecule has 2 rings (SSSR count). The van der Waals surface area contributed by atoms with Crippen molar-refractivity contribution in [3.63, 3.8) is 0 Å². The molecule has 0 bridgehead atoms. The fourth-order valence-corrected chi connectivity index (χ4v) is 2.36. The molecule has 0 radical (unpaired) electrons. The van der Waals surface area contributed by atoms with Crippen LogP contribution in [0.3, 0.4) is 0 Å². The van der Waals surface area contributed by atoms with Crippen molar-refractivity contribution in [1.29, 1.82) is 0 Å². The molecule has 0 aliphatic heterocycles. The van der Waals surface area contributed by atoms with E-state index in [1.807, 2.05) is 18.4 Å². The number of rotatable bonds is 2. The third-order valence-corrected chi connectivity index (χ3v) is 3.33. The Kier molecular flexibility index (Phi) is 3.05. The molecule has 15 heavy (non-hydrogen) atoms. The van der Waals surface area contributed by atoms with Gasteiger partial charge in [0, 0.05) is 11.1 Å². The van der Waals surface area contributed by atoms with Crippen LogP contribution >= 0.6 is 22.9 Å². The molecule has 0 aliphatic carbocycles. The number of thiophene rings is 1. The van der Waals surface area contributed by atoms with E-state index in [-0.39, 0.29) is 0 Å². The molecule has 0 fully saturated rings. The topological polar surface area (TPSA) is 33.1 Å². The lowest BCUT2D eigenvalue weighted by Crippen LogP contribution is -1.99. The SMILES string of the molecule is Cc1sccc1C(O)c1ccnc(Cl)c1. The predicted molar refractivity (Wildman–Crippen MR) is 62.4 cm³/mol. The van der Waals surface area contributed by atoms with Crippen molar-refractivity contribution in [2.24, 2.45) is 0 Å². The van der Waals surface area contributed by atoms with Gasteiger partial charge in [0.25, 0.3) is 0 Å². The molecule has 2 nitrogen and oxygen atoms in total. The lowest BCUT2D eigenvalue weighted by molar-refractivity contribution is 0.220. The highest BCUT2D eigenvalue weighted by Crippen LogP contribution is 2.28. The van der Waals surface area contributed by atoms with E-state index in [0.29, 0.717) is 5.15 Å². The summed E-state index contributed by atoms with van der Waals surface area (Å²) in [5, 5.41) is 12.5. The molecule has 2 aromatic heterocycles. The molecule has 0 saturated heterocycles. The summed E-state index contributed by atoms with van der Waals surface area (Å²) in [6.45, 7) is 1.99. The van der Waals surface area contributed by atoms with E-state index in [0.717, 1.165) is 16.0 Å². The minimum absolute atomic E-state index is 0.402. The van der Waals surface area contributed by atoms with Gasteiger partial charge in [0.15, 0.2) is 0 Å². The maximum absolute atomic E-state index is 10.1. The summed E-state index contributed by atoms with van der Waals surface area (Å²) in [6, 6.07) is 5.38. The van der Waals surface area contributed by atoms with Crippen molar-refractivity contribution in [2.45, 2.75) is 13.0 Å². The Balaban J connectivity index is 2.36. The number of hydrogen-bond donors (Lipinski definition) is 1. The summed E-state index contributed by atoms with van der Waals surface area (Å²) in [4.78, 5) is 5.00. The van der Waals surface area contributed by atoms with E-state index < -0.39 is 6.10 Å². The first-order chi connectivity index (χ1) is 7.18. The van der Waals surface area contributed by atoms with Crippen LogP contribution in [0.1, 0.15) is 22.1 Å². The first-order valence-electron chi connectivity index (χ1n) is 4.52. The summed E-state index contributed by atoms with van der Waals surface area (Å²) >= 11 is 7.39. The number of aliphatic hydroxyl groups excluding tert-OH is 1. The van der Waals surface area contributed by atoms with E-state index in [9.17, 15) is 5.11 Å². The van der Waals surface area contributed by atoms with E-state index in [2.05, 4.69) is 4.98 Å². The number of aryl methyl sites for hydroxylation is 1. The van der Waals surface area contributed by atoms with Gasteiger partial charge < -0.3 is 5.11 Å². The highest BCUT2D eigenvalue weighted by Gasteiger charge is 2.13. The minimum atomic E-state index is -0.614. The van der Waals surface area contributed by atoms with Crippen molar-refractivity contribution >= 4 is 22.9 Å². The molecule has 0 saturated carbocycles. The van der Waals surface area contributed by atoms with Crippen molar-refractivity contribution in [3.8, 4) is 0 Å². The number of aromatic nitrogens is 1. The third-order valence-electron chi connectivity index (χ3n) is 2.26. The average molecular weight is 240 g/mol. The van der Waals surface area contributed by atoms with E-state index in [1.165, 1.54) is 0 Å². The molecule has 0 aromatic carbocycles. The van der Waals surface area contributed by atoms with Crippen molar-refractivity contribution in [2.75, 3.05) is 0 Å². The van der Waals surface area contributed by atoms with Gasteiger partial charge in [0.1, 0.15) is 11.3 Å². The van der Waals surface area contributed by atoms with Gasteiger partial charge in [-0.05, 0) is 41.6 Å². The monoisotopic (exact) mass is 239 g/mol. The molecule has 4 heteroatoms. The van der Waals surface area contributed by atoms with Crippen molar-refractivity contribution in [3.05, 3.63) is 50.9 Å². The zero-order chi connectivity index (χ0) is 10.8. The van der Waals surface area contributed by atoms with Gasteiger partial charge in [-0.3, -0.25) is 0 Å². The lowest BCUT2D eigenvalue weighted by Gasteiger charge is -2.10. The van der Waals surface area contributed by atoms with Gasteiger partial charge in [0.05, 0.1) is 0 Å². The van der Waals surface area contributed by atoms with Crippen molar-refractivity contribution in [1.82, 2.24) is 4.98 Å². The normalized spacial score (nSPS) is 12.7. The third kappa shape index (κ3) is 2.20. The average Bonchev–Trinajstić information content (AvgIpc) is 2.63. The van der Waals surface area contributed by atoms with E-state index in [4.69, 9.17) is 11.6 Å². The molecule has 78 valence electrons. The summed E-state index contributed by atoms with van der Waals surface area (Å²) < 4.78 is 0. The molecule has 1 N–H and O–H groups in total. The summed E-state index contributed by atoms with van der Waals surface area (Å²) in [5.41, 5.74) is 1.71. The van der Waals surface area contributed by atoms with Gasteiger partial charge in [-0.25, -0.2) is 4.98 Å². The maximum atomic E-state index is 10.1. The molecule has 0 spiro atoms. The molecule has 0 amide bonds. The fraction of sp³-hybridized carbons (Fsp3) is 0.182. The summed E-state index contributed by atoms with van der Waals surface area (Å²) in [6.07, 6.45) is 0.986. The number of aliphatic hydroxyl groups is 1. The highest BCUT2D eigenvalue weighted by atomic mass is 35.5. The Morgan fingerprint density at radius 2 is 2.27 bits per heavy atom. The standard InChI is InChI=1S/C11H10ClNOS/c1-7-9(3-5-15-7)11(14)8-2-4-13-10(12)6-8/h2-6,11,14H,1H3. The smallest absolute Gasteiger partial charge is 0.129 e. The second-order valence-corrected chi connectivity index (χ2v) is 4.75. The quantitative estimate of drug-likeness (QED) is 0.817. The number of pyridine rings is 1. The van der Waals surface area contributed by atoms with E-state index in [1.54, 1.807) is 29.7 Å². The number of hydrogen-bond acceptors (Lipinski definition) is 3. The Morgan fingerprint density at radius 1 is 1.47 bits per heavy atom. The Bertz CT molecular complexity index is 469. The Morgan fingerprint density at radius 3 is 2.87 bits per heavy atom. The maximum Gasteiger partial charge on any atom is 0.129 e. The molecule has 1 atom stereocenters. The van der Waals surface area contributed by atoms with Gasteiger partial charge >= 0.3 is 0 Å². The zero-order valence-corrected chi connectivity index (χ0v) is 9.72. The van der Waals surface area contributed by atoms with Crippen LogP contribution in [0.4, 0.5) is 0 Å². The van der Waals surface area contributed by atoms with Crippen LogP contribution in [0.25, 0.3) is 0 Å². The van der Waals surface area contributed by atoms with Crippen LogP contribution in [0.2, 0.25) is 5.15 Å². The van der Waals surface area contributed by atoms with Gasteiger partial charge in [-0.2, -0.15) is 0 Å².